The van der Waals surface area contributed by atoms with Crippen molar-refractivity contribution >= 4 is 12.4 Å². The molecule has 0 saturated heterocycles. The Labute approximate surface area is 47.4 Å². The van der Waals surface area contributed by atoms with Crippen molar-refractivity contribution in [1.29, 1.82) is 0 Å². The van der Waals surface area contributed by atoms with Crippen molar-refractivity contribution in [2.75, 3.05) is 6.73 Å². The van der Waals surface area contributed by atoms with Crippen LogP contribution in [0.25, 0.3) is 0 Å². The molecular weight excluding hydrogens is 104 g/mol. The van der Waals surface area contributed by atoms with E-state index < -0.39 is 0 Å². The molecule has 0 bridgehead atoms. The minimum absolute atomic E-state index is 0.391. The highest BCUT2D eigenvalue weighted by molar-refractivity contribution is 6.16. The summed E-state index contributed by atoms with van der Waals surface area (Å²) in [6.45, 7) is 0.391. The summed E-state index contributed by atoms with van der Waals surface area (Å²) in [6, 6.07) is 0. The highest BCUT2D eigenvalue weighted by Crippen LogP contribution is 1.81. The fourth-order valence-electron chi connectivity index (χ4n) is 0.343. The molecular formula is C5H6N2O. The third-order valence-corrected chi connectivity index (χ3v) is 0.650. The van der Waals surface area contributed by atoms with Crippen LogP contribution in [0, 0.1) is 0 Å². The molecule has 0 saturated carbocycles. The predicted molar refractivity (Wildman–Crippen MR) is 32.1 cm³/mol. The van der Waals surface area contributed by atoms with Gasteiger partial charge in [0.25, 0.3) is 0 Å². The molecule has 0 amide bonds. The van der Waals surface area contributed by atoms with Gasteiger partial charge in [0.05, 0.1) is 6.20 Å². The third-order valence-electron chi connectivity index (χ3n) is 0.650. The molecule has 8 heavy (non-hydrogen) atoms. The predicted octanol–water partition coefficient (Wildman–Crippen LogP) is 0.587. The van der Waals surface area contributed by atoms with E-state index in [0.717, 1.165) is 0 Å². The van der Waals surface area contributed by atoms with Gasteiger partial charge in [-0.15, -0.1) is 0 Å². The van der Waals surface area contributed by atoms with Crippen LogP contribution < -0.4 is 0 Å². The highest BCUT2D eigenvalue weighted by Gasteiger charge is 1.74. The number of nitrogens with zero attached hydrogens (tertiary/aromatic N) is 2. The van der Waals surface area contributed by atoms with Crippen molar-refractivity contribution in [2.45, 2.75) is 0 Å². The standard InChI is InChI=1S/C5H6N2O/c1-2-7-5-8-4-3-6-1/h1-4H,5H2/b4-3-,6-1-,7-2-. The number of ether oxygens (including phenoxy) is 1. The Morgan fingerprint density at radius 1 is 1.38 bits per heavy atom. The van der Waals surface area contributed by atoms with Gasteiger partial charge in [-0.1, -0.05) is 0 Å². The van der Waals surface area contributed by atoms with Gasteiger partial charge in [0.15, 0.2) is 6.73 Å². The van der Waals surface area contributed by atoms with Gasteiger partial charge in [0.1, 0.15) is 6.26 Å². The largest absolute Gasteiger partial charge is 0.477 e. The van der Waals surface area contributed by atoms with Gasteiger partial charge in [-0.3, -0.25) is 9.98 Å². The van der Waals surface area contributed by atoms with Gasteiger partial charge in [-0.25, -0.2) is 0 Å². The molecule has 0 N–H and O–H groups in total. The van der Waals surface area contributed by atoms with E-state index in [4.69, 9.17) is 4.74 Å². The molecule has 1 aliphatic heterocycles. The quantitative estimate of drug-likeness (QED) is 0.449. The van der Waals surface area contributed by atoms with Crippen molar-refractivity contribution in [1.82, 2.24) is 0 Å². The van der Waals surface area contributed by atoms with Crippen molar-refractivity contribution in [3.63, 3.8) is 0 Å². The molecule has 1 heterocycles. The molecule has 1 rings (SSSR count). The summed E-state index contributed by atoms with van der Waals surface area (Å²) in [5.41, 5.74) is 0. The zero-order valence-electron chi connectivity index (χ0n) is 4.32. The van der Waals surface area contributed by atoms with Crippen molar-refractivity contribution in [3.8, 4) is 0 Å². The van der Waals surface area contributed by atoms with E-state index in [1.807, 2.05) is 0 Å². The zero-order valence-corrected chi connectivity index (χ0v) is 4.32. The maximum atomic E-state index is 4.78. The summed E-state index contributed by atoms with van der Waals surface area (Å²) >= 11 is 0. The minimum atomic E-state index is 0.391. The maximum absolute atomic E-state index is 4.78. The number of hydrogen-bond acceptors (Lipinski definition) is 3. The molecule has 0 spiro atoms. The number of hydrogen-bond donors (Lipinski definition) is 0. The Morgan fingerprint density at radius 3 is 3.38 bits per heavy atom. The molecule has 3 heteroatoms. The molecule has 0 aliphatic carbocycles. The van der Waals surface area contributed by atoms with Gasteiger partial charge in [0, 0.05) is 12.4 Å². The van der Waals surface area contributed by atoms with Crippen LogP contribution in [0.1, 0.15) is 0 Å². The number of aliphatic imine (C=N–C) groups is 2. The second-order valence-corrected chi connectivity index (χ2v) is 1.21. The Balaban J connectivity index is 2.51. The molecule has 0 fully saturated rings. The lowest BCUT2D eigenvalue weighted by molar-refractivity contribution is 0.261. The third kappa shape index (κ3) is 1.55. The summed E-state index contributed by atoms with van der Waals surface area (Å²) in [6.07, 6.45) is 6.29. The lowest BCUT2D eigenvalue weighted by atomic mass is 10.8. The van der Waals surface area contributed by atoms with E-state index in [0.29, 0.717) is 6.73 Å². The monoisotopic (exact) mass is 110 g/mol. The molecule has 42 valence electrons. The summed E-state index contributed by atoms with van der Waals surface area (Å²) in [7, 11) is 0. The van der Waals surface area contributed by atoms with Crippen LogP contribution in [0.2, 0.25) is 0 Å². The lowest BCUT2D eigenvalue weighted by Gasteiger charge is -1.92. The highest BCUT2D eigenvalue weighted by atomic mass is 16.5. The Morgan fingerprint density at radius 2 is 2.38 bits per heavy atom. The first-order chi connectivity index (χ1) is 4.00. The Bertz CT molecular complexity index is 121. The topological polar surface area (TPSA) is 34.0 Å². The minimum Gasteiger partial charge on any atom is -0.477 e. The zero-order chi connectivity index (χ0) is 5.66. The normalized spacial score (nSPS) is 29.0. The van der Waals surface area contributed by atoms with Crippen LogP contribution in [0.5, 0.6) is 0 Å². The molecule has 0 aromatic heterocycles. The van der Waals surface area contributed by atoms with Crippen molar-refractivity contribution < 1.29 is 4.74 Å². The molecule has 3 nitrogen and oxygen atoms in total. The summed E-state index contributed by atoms with van der Waals surface area (Å²) in [5.74, 6) is 0. The smallest absolute Gasteiger partial charge is 0.178 e. The van der Waals surface area contributed by atoms with Gasteiger partial charge < -0.3 is 4.74 Å². The van der Waals surface area contributed by atoms with Gasteiger partial charge in [-0.2, -0.15) is 0 Å². The second kappa shape index (κ2) is 2.96. The van der Waals surface area contributed by atoms with E-state index in [-0.39, 0.29) is 0 Å². The van der Waals surface area contributed by atoms with Gasteiger partial charge in [0.2, 0.25) is 0 Å². The van der Waals surface area contributed by atoms with Crippen LogP contribution in [0.15, 0.2) is 22.4 Å². The van der Waals surface area contributed by atoms with Crippen molar-refractivity contribution in [3.05, 3.63) is 12.5 Å². The Hall–Kier alpha value is -1.12. The SMILES string of the molecule is C1=C/OC\N=C/C=N\1. The molecule has 0 atom stereocenters. The first kappa shape index (κ1) is 5.03. The van der Waals surface area contributed by atoms with E-state index in [9.17, 15) is 0 Å². The van der Waals surface area contributed by atoms with Crippen LogP contribution in [-0.4, -0.2) is 19.2 Å². The number of rotatable bonds is 0. The summed E-state index contributed by atoms with van der Waals surface area (Å²) < 4.78 is 4.78. The van der Waals surface area contributed by atoms with Gasteiger partial charge in [-0.05, 0) is 0 Å². The molecule has 0 aromatic rings. The second-order valence-electron chi connectivity index (χ2n) is 1.21. The first-order valence-corrected chi connectivity index (χ1v) is 2.28. The van der Waals surface area contributed by atoms with Gasteiger partial charge >= 0.3 is 0 Å². The Kier molecular flexibility index (Phi) is 1.86. The van der Waals surface area contributed by atoms with E-state index in [2.05, 4.69) is 9.98 Å². The van der Waals surface area contributed by atoms with E-state index in [1.165, 1.54) is 6.26 Å². The lowest BCUT2D eigenvalue weighted by Crippen LogP contribution is -1.86. The first-order valence-electron chi connectivity index (χ1n) is 2.28. The fourth-order valence-corrected chi connectivity index (χ4v) is 0.343. The summed E-state index contributed by atoms with van der Waals surface area (Å²) in [5, 5.41) is 0. The van der Waals surface area contributed by atoms with Crippen LogP contribution in [0.3, 0.4) is 0 Å². The van der Waals surface area contributed by atoms with Crippen LogP contribution >= 0.6 is 0 Å². The fraction of sp³-hybridized carbons (Fsp3) is 0.200. The van der Waals surface area contributed by atoms with Crippen molar-refractivity contribution in [2.24, 2.45) is 9.98 Å². The molecule has 0 unspecified atom stereocenters. The average molecular weight is 110 g/mol. The molecule has 1 aliphatic rings. The van der Waals surface area contributed by atoms with Crippen LogP contribution in [0.4, 0.5) is 0 Å². The summed E-state index contributed by atoms with van der Waals surface area (Å²) in [4.78, 5) is 7.53. The maximum Gasteiger partial charge on any atom is 0.178 e. The average Bonchev–Trinajstić information content (AvgIpc) is 1.62. The van der Waals surface area contributed by atoms with Crippen LogP contribution in [-0.2, 0) is 4.74 Å². The molecule has 0 radical (unpaired) electrons. The van der Waals surface area contributed by atoms with E-state index in [1.54, 1.807) is 18.6 Å². The molecule has 0 aromatic carbocycles. The van der Waals surface area contributed by atoms with E-state index >= 15 is 0 Å².